The van der Waals surface area contributed by atoms with E-state index in [9.17, 15) is 0 Å². The van der Waals surface area contributed by atoms with E-state index in [1.165, 1.54) is 6.42 Å². The molecule has 2 N–H and O–H groups in total. The summed E-state index contributed by atoms with van der Waals surface area (Å²) >= 11 is 0. The van der Waals surface area contributed by atoms with E-state index < -0.39 is 0 Å². The standard InChI is InChI=1S/C10H16N4/c1-8-4-5-12-10(13-8)14-6-2-3-9(14)7-11/h4-5,9H,2-3,6-7,11H2,1H3. The predicted molar refractivity (Wildman–Crippen MR) is 56.2 cm³/mol. The third kappa shape index (κ3) is 1.70. The Morgan fingerprint density at radius 1 is 1.64 bits per heavy atom. The molecule has 1 aromatic heterocycles. The minimum atomic E-state index is 0.428. The van der Waals surface area contributed by atoms with Crippen molar-refractivity contribution in [3.63, 3.8) is 0 Å². The van der Waals surface area contributed by atoms with E-state index in [1.54, 1.807) is 0 Å². The zero-order chi connectivity index (χ0) is 9.97. The Hall–Kier alpha value is -1.16. The maximum Gasteiger partial charge on any atom is 0.225 e. The van der Waals surface area contributed by atoms with Crippen LogP contribution in [-0.4, -0.2) is 29.1 Å². The molecule has 76 valence electrons. The number of nitrogens with zero attached hydrogens (tertiary/aromatic N) is 3. The first-order valence-corrected chi connectivity index (χ1v) is 5.07. The second-order valence-electron chi connectivity index (χ2n) is 3.72. The van der Waals surface area contributed by atoms with Gasteiger partial charge in [0, 0.05) is 31.0 Å². The highest BCUT2D eigenvalue weighted by Crippen LogP contribution is 2.21. The molecule has 1 saturated heterocycles. The van der Waals surface area contributed by atoms with Crippen LogP contribution in [-0.2, 0) is 0 Å². The summed E-state index contributed by atoms with van der Waals surface area (Å²) in [6.45, 7) is 3.71. The van der Waals surface area contributed by atoms with Crippen LogP contribution in [0.5, 0.6) is 0 Å². The van der Waals surface area contributed by atoms with Gasteiger partial charge in [-0.2, -0.15) is 0 Å². The van der Waals surface area contributed by atoms with Crippen LogP contribution in [0.15, 0.2) is 12.3 Å². The van der Waals surface area contributed by atoms with Crippen LogP contribution in [0.3, 0.4) is 0 Å². The van der Waals surface area contributed by atoms with E-state index in [0.717, 1.165) is 24.6 Å². The van der Waals surface area contributed by atoms with Crippen molar-refractivity contribution in [2.75, 3.05) is 18.0 Å². The van der Waals surface area contributed by atoms with Crippen LogP contribution >= 0.6 is 0 Å². The summed E-state index contributed by atoms with van der Waals surface area (Å²) in [5, 5.41) is 0. The summed E-state index contributed by atoms with van der Waals surface area (Å²) < 4.78 is 0. The highest BCUT2D eigenvalue weighted by atomic mass is 15.3. The topological polar surface area (TPSA) is 55.0 Å². The lowest BCUT2D eigenvalue weighted by Crippen LogP contribution is -2.36. The van der Waals surface area contributed by atoms with Crippen LogP contribution in [0.1, 0.15) is 18.5 Å². The van der Waals surface area contributed by atoms with Gasteiger partial charge in [-0.15, -0.1) is 0 Å². The third-order valence-electron chi connectivity index (χ3n) is 2.69. The highest BCUT2D eigenvalue weighted by Gasteiger charge is 2.24. The molecule has 1 atom stereocenters. The van der Waals surface area contributed by atoms with Crippen LogP contribution < -0.4 is 10.6 Å². The Labute approximate surface area is 84.2 Å². The van der Waals surface area contributed by atoms with Crippen LogP contribution in [0.25, 0.3) is 0 Å². The zero-order valence-electron chi connectivity index (χ0n) is 8.48. The van der Waals surface area contributed by atoms with Crippen molar-refractivity contribution in [2.45, 2.75) is 25.8 Å². The fraction of sp³-hybridized carbons (Fsp3) is 0.600. The molecule has 0 spiro atoms. The number of hydrogen-bond acceptors (Lipinski definition) is 4. The number of aromatic nitrogens is 2. The zero-order valence-corrected chi connectivity index (χ0v) is 8.48. The van der Waals surface area contributed by atoms with Gasteiger partial charge in [0.05, 0.1) is 0 Å². The van der Waals surface area contributed by atoms with E-state index in [1.807, 2.05) is 19.2 Å². The Balaban J connectivity index is 2.21. The van der Waals surface area contributed by atoms with E-state index in [-0.39, 0.29) is 0 Å². The van der Waals surface area contributed by atoms with Gasteiger partial charge in [-0.1, -0.05) is 0 Å². The quantitative estimate of drug-likeness (QED) is 0.750. The average Bonchev–Trinajstić information content (AvgIpc) is 2.65. The van der Waals surface area contributed by atoms with Crippen molar-refractivity contribution in [2.24, 2.45) is 5.73 Å². The molecule has 2 heterocycles. The van der Waals surface area contributed by atoms with Gasteiger partial charge in [0.1, 0.15) is 0 Å². The second kappa shape index (κ2) is 3.92. The lowest BCUT2D eigenvalue weighted by atomic mass is 10.2. The Morgan fingerprint density at radius 3 is 3.21 bits per heavy atom. The molecular weight excluding hydrogens is 176 g/mol. The van der Waals surface area contributed by atoms with Gasteiger partial charge in [-0.05, 0) is 25.8 Å². The minimum absolute atomic E-state index is 0.428. The molecule has 0 saturated carbocycles. The van der Waals surface area contributed by atoms with Crippen molar-refractivity contribution in [3.8, 4) is 0 Å². The lowest BCUT2D eigenvalue weighted by molar-refractivity contribution is 0.663. The third-order valence-corrected chi connectivity index (χ3v) is 2.69. The smallest absolute Gasteiger partial charge is 0.225 e. The van der Waals surface area contributed by atoms with Gasteiger partial charge in [-0.25, -0.2) is 9.97 Å². The van der Waals surface area contributed by atoms with E-state index in [0.29, 0.717) is 12.6 Å². The summed E-state index contributed by atoms with van der Waals surface area (Å²) in [6.07, 6.45) is 4.16. The van der Waals surface area contributed by atoms with Gasteiger partial charge in [0.25, 0.3) is 0 Å². The van der Waals surface area contributed by atoms with Gasteiger partial charge >= 0.3 is 0 Å². The number of nitrogens with two attached hydrogens (primary N) is 1. The monoisotopic (exact) mass is 192 g/mol. The summed E-state index contributed by atoms with van der Waals surface area (Å²) in [7, 11) is 0. The van der Waals surface area contributed by atoms with Crippen molar-refractivity contribution in [1.82, 2.24) is 9.97 Å². The van der Waals surface area contributed by atoms with Gasteiger partial charge in [0.2, 0.25) is 5.95 Å². The lowest BCUT2D eigenvalue weighted by Gasteiger charge is -2.23. The molecule has 1 aromatic rings. The molecule has 14 heavy (non-hydrogen) atoms. The number of anilines is 1. The Kier molecular flexibility index (Phi) is 2.63. The van der Waals surface area contributed by atoms with Gasteiger partial charge in [-0.3, -0.25) is 0 Å². The summed E-state index contributed by atoms with van der Waals surface area (Å²) in [4.78, 5) is 10.9. The van der Waals surface area contributed by atoms with Gasteiger partial charge < -0.3 is 10.6 Å². The molecule has 0 bridgehead atoms. The normalized spacial score (nSPS) is 21.6. The Morgan fingerprint density at radius 2 is 2.50 bits per heavy atom. The number of rotatable bonds is 2. The summed E-state index contributed by atoms with van der Waals surface area (Å²) in [6, 6.07) is 2.34. The average molecular weight is 192 g/mol. The van der Waals surface area contributed by atoms with Gasteiger partial charge in [0.15, 0.2) is 0 Å². The molecule has 1 aliphatic heterocycles. The molecule has 0 radical (unpaired) electrons. The van der Waals surface area contributed by atoms with Crippen molar-refractivity contribution in [1.29, 1.82) is 0 Å². The van der Waals surface area contributed by atoms with E-state index >= 15 is 0 Å². The molecule has 4 nitrogen and oxygen atoms in total. The molecule has 2 rings (SSSR count). The molecule has 4 heteroatoms. The summed E-state index contributed by atoms with van der Waals surface area (Å²) in [5.41, 5.74) is 6.71. The van der Waals surface area contributed by atoms with Crippen LogP contribution in [0, 0.1) is 6.92 Å². The molecular formula is C10H16N4. The first-order valence-electron chi connectivity index (χ1n) is 5.07. The highest BCUT2D eigenvalue weighted by molar-refractivity contribution is 5.33. The number of aryl methyl sites for hydroxylation is 1. The van der Waals surface area contributed by atoms with E-state index in [2.05, 4.69) is 14.9 Å². The fourth-order valence-corrected chi connectivity index (χ4v) is 1.92. The fourth-order valence-electron chi connectivity index (χ4n) is 1.92. The predicted octanol–water partition coefficient (Wildman–Crippen LogP) is 0.713. The molecule has 0 amide bonds. The summed E-state index contributed by atoms with van der Waals surface area (Å²) in [5.74, 6) is 0.831. The van der Waals surface area contributed by atoms with Crippen molar-refractivity contribution >= 4 is 5.95 Å². The molecule has 1 fully saturated rings. The van der Waals surface area contributed by atoms with Crippen LogP contribution in [0.4, 0.5) is 5.95 Å². The first-order chi connectivity index (χ1) is 6.81. The molecule has 1 unspecified atom stereocenters. The second-order valence-corrected chi connectivity index (χ2v) is 3.72. The first kappa shape index (κ1) is 9.40. The van der Waals surface area contributed by atoms with E-state index in [4.69, 9.17) is 5.73 Å². The SMILES string of the molecule is Cc1ccnc(N2CCCC2CN)n1. The molecule has 0 aliphatic carbocycles. The largest absolute Gasteiger partial charge is 0.337 e. The minimum Gasteiger partial charge on any atom is -0.337 e. The maximum atomic E-state index is 5.70. The van der Waals surface area contributed by atoms with Crippen molar-refractivity contribution in [3.05, 3.63) is 18.0 Å². The van der Waals surface area contributed by atoms with Crippen molar-refractivity contribution < 1.29 is 0 Å². The Bertz CT molecular complexity index is 313. The van der Waals surface area contributed by atoms with Crippen LogP contribution in [0.2, 0.25) is 0 Å². The maximum absolute atomic E-state index is 5.70. The number of hydrogen-bond donors (Lipinski definition) is 1. The molecule has 1 aliphatic rings. The molecule has 0 aromatic carbocycles.